The van der Waals surface area contributed by atoms with Gasteiger partial charge in [0.1, 0.15) is 5.82 Å². The van der Waals surface area contributed by atoms with Crippen molar-refractivity contribution in [3.8, 4) is 5.75 Å². The number of halogens is 4. The molecule has 1 aliphatic rings. The Morgan fingerprint density at radius 1 is 1.14 bits per heavy atom. The fourth-order valence-electron chi connectivity index (χ4n) is 3.08. The fraction of sp³-hybridized carbons (Fsp3) is 0.294. The summed E-state index contributed by atoms with van der Waals surface area (Å²) in [6, 6.07) is 8.13. The van der Waals surface area contributed by atoms with Gasteiger partial charge in [0.15, 0.2) is 5.75 Å². The molecule has 4 N–H and O–H groups in total. The van der Waals surface area contributed by atoms with Crippen molar-refractivity contribution in [3.05, 3.63) is 53.8 Å². The standard InChI is InChI=1S/C17H17F4N3O3S/c18-12-3-1-11(2-4-12)16(7-8-23-10-16)24-28(25,26)13-5-6-15(14(22)9-13)27-17(19,20)21/h1-6,9,23-24H,7-8,10,22H2. The first-order valence-corrected chi connectivity index (χ1v) is 9.65. The minimum absolute atomic E-state index is 0.266. The Bertz CT molecular complexity index is 957. The highest BCUT2D eigenvalue weighted by Crippen LogP contribution is 2.33. The van der Waals surface area contributed by atoms with Gasteiger partial charge in [-0.1, -0.05) is 12.1 Å². The largest absolute Gasteiger partial charge is 0.573 e. The lowest BCUT2D eigenvalue weighted by molar-refractivity contribution is -0.274. The van der Waals surface area contributed by atoms with Crippen LogP contribution < -0.4 is 20.5 Å². The lowest BCUT2D eigenvalue weighted by Gasteiger charge is -2.30. The first-order valence-electron chi connectivity index (χ1n) is 8.17. The van der Waals surface area contributed by atoms with E-state index < -0.39 is 39.2 Å². The second-order valence-corrected chi connectivity index (χ2v) is 8.05. The van der Waals surface area contributed by atoms with E-state index in [0.717, 1.165) is 18.2 Å². The number of hydrogen-bond acceptors (Lipinski definition) is 5. The Balaban J connectivity index is 1.91. The normalized spacial score (nSPS) is 20.3. The molecule has 152 valence electrons. The maximum absolute atomic E-state index is 13.2. The summed E-state index contributed by atoms with van der Waals surface area (Å²) in [7, 11) is -4.14. The third-order valence-corrected chi connectivity index (χ3v) is 5.93. The predicted molar refractivity (Wildman–Crippen MR) is 93.4 cm³/mol. The molecule has 1 heterocycles. The van der Waals surface area contributed by atoms with Gasteiger partial charge in [0.05, 0.1) is 16.1 Å². The molecule has 28 heavy (non-hydrogen) atoms. The van der Waals surface area contributed by atoms with Gasteiger partial charge in [-0.05, 0) is 48.9 Å². The molecule has 1 atom stereocenters. The van der Waals surface area contributed by atoms with E-state index in [1.807, 2.05) is 0 Å². The molecule has 1 saturated heterocycles. The van der Waals surface area contributed by atoms with E-state index >= 15 is 0 Å². The molecular weight excluding hydrogens is 402 g/mol. The molecule has 0 aliphatic carbocycles. The second-order valence-electron chi connectivity index (χ2n) is 6.37. The average Bonchev–Trinajstić information content (AvgIpc) is 3.05. The highest BCUT2D eigenvalue weighted by molar-refractivity contribution is 7.89. The molecule has 0 spiro atoms. The SMILES string of the molecule is Nc1cc(S(=O)(=O)NC2(c3ccc(F)cc3)CCNC2)ccc1OC(F)(F)F. The van der Waals surface area contributed by atoms with E-state index in [-0.39, 0.29) is 11.4 Å². The summed E-state index contributed by atoms with van der Waals surface area (Å²) >= 11 is 0. The zero-order valence-corrected chi connectivity index (χ0v) is 15.2. The number of nitrogen functional groups attached to an aromatic ring is 1. The molecule has 2 aromatic rings. The summed E-state index contributed by atoms with van der Waals surface area (Å²) < 4.78 is 82.3. The number of hydrogen-bond donors (Lipinski definition) is 3. The maximum atomic E-state index is 13.2. The van der Waals surface area contributed by atoms with Gasteiger partial charge in [-0.3, -0.25) is 0 Å². The molecule has 0 saturated carbocycles. The topological polar surface area (TPSA) is 93.5 Å². The van der Waals surface area contributed by atoms with Crippen molar-refractivity contribution in [1.29, 1.82) is 0 Å². The molecule has 11 heteroatoms. The Kier molecular flexibility index (Phi) is 5.26. The van der Waals surface area contributed by atoms with E-state index in [0.29, 0.717) is 18.5 Å². The Morgan fingerprint density at radius 2 is 1.82 bits per heavy atom. The first kappa shape index (κ1) is 20.4. The van der Waals surface area contributed by atoms with Crippen molar-refractivity contribution in [2.24, 2.45) is 0 Å². The van der Waals surface area contributed by atoms with Gasteiger partial charge < -0.3 is 15.8 Å². The van der Waals surface area contributed by atoms with Gasteiger partial charge >= 0.3 is 6.36 Å². The van der Waals surface area contributed by atoms with Crippen LogP contribution in [0.25, 0.3) is 0 Å². The van der Waals surface area contributed by atoms with Crippen molar-refractivity contribution < 1.29 is 30.7 Å². The third-order valence-electron chi connectivity index (χ3n) is 4.40. The van der Waals surface area contributed by atoms with Crippen LogP contribution in [0.5, 0.6) is 5.75 Å². The van der Waals surface area contributed by atoms with E-state index in [4.69, 9.17) is 5.73 Å². The van der Waals surface area contributed by atoms with Gasteiger partial charge in [-0.25, -0.2) is 12.8 Å². The number of alkyl halides is 3. The smallest absolute Gasteiger partial charge is 0.404 e. The van der Waals surface area contributed by atoms with Crippen LogP contribution in [0.4, 0.5) is 23.2 Å². The van der Waals surface area contributed by atoms with Crippen LogP contribution >= 0.6 is 0 Å². The number of ether oxygens (including phenoxy) is 1. The van der Waals surface area contributed by atoms with E-state index in [2.05, 4.69) is 14.8 Å². The molecule has 1 fully saturated rings. The number of sulfonamides is 1. The Labute approximate surface area is 158 Å². The van der Waals surface area contributed by atoms with E-state index in [1.165, 1.54) is 24.3 Å². The summed E-state index contributed by atoms with van der Waals surface area (Å²) in [6.45, 7) is 0.795. The molecule has 0 amide bonds. The number of rotatable bonds is 5. The number of nitrogens with one attached hydrogen (secondary N) is 2. The van der Waals surface area contributed by atoms with E-state index in [1.54, 1.807) is 0 Å². The van der Waals surface area contributed by atoms with Crippen LogP contribution in [0.2, 0.25) is 0 Å². The number of nitrogens with two attached hydrogens (primary N) is 1. The molecule has 1 unspecified atom stereocenters. The zero-order chi connectivity index (χ0) is 20.6. The zero-order valence-electron chi connectivity index (χ0n) is 14.4. The highest BCUT2D eigenvalue weighted by Gasteiger charge is 2.40. The molecule has 0 aromatic heterocycles. The molecular formula is C17H17F4N3O3S. The van der Waals surface area contributed by atoms with Crippen molar-refractivity contribution in [2.75, 3.05) is 18.8 Å². The van der Waals surface area contributed by atoms with Crippen LogP contribution in [0.3, 0.4) is 0 Å². The minimum atomic E-state index is -4.95. The molecule has 6 nitrogen and oxygen atoms in total. The monoisotopic (exact) mass is 419 g/mol. The second kappa shape index (κ2) is 7.22. The van der Waals surface area contributed by atoms with Crippen molar-refractivity contribution >= 4 is 15.7 Å². The van der Waals surface area contributed by atoms with Crippen LogP contribution in [-0.4, -0.2) is 27.9 Å². The van der Waals surface area contributed by atoms with Crippen LogP contribution in [0.1, 0.15) is 12.0 Å². The Morgan fingerprint density at radius 3 is 2.36 bits per heavy atom. The third kappa shape index (κ3) is 4.37. The van der Waals surface area contributed by atoms with Crippen LogP contribution in [0, 0.1) is 5.82 Å². The maximum Gasteiger partial charge on any atom is 0.573 e. The van der Waals surface area contributed by atoms with Gasteiger partial charge in [0.25, 0.3) is 0 Å². The highest BCUT2D eigenvalue weighted by atomic mass is 32.2. The predicted octanol–water partition coefficient (Wildman–Crippen LogP) is 2.47. The fourth-order valence-corrected chi connectivity index (χ4v) is 4.53. The van der Waals surface area contributed by atoms with Gasteiger partial charge in [-0.2, -0.15) is 4.72 Å². The quantitative estimate of drug-likeness (QED) is 0.512. The van der Waals surface area contributed by atoms with Gasteiger partial charge in [0, 0.05) is 6.54 Å². The number of anilines is 1. The molecule has 2 aromatic carbocycles. The van der Waals surface area contributed by atoms with Crippen LogP contribution in [0.15, 0.2) is 47.4 Å². The summed E-state index contributed by atoms with van der Waals surface area (Å²) in [5.41, 5.74) is 4.59. The molecule has 0 bridgehead atoms. The lowest BCUT2D eigenvalue weighted by Crippen LogP contribution is -2.47. The summed E-state index contributed by atoms with van der Waals surface area (Å²) in [4.78, 5) is -0.312. The molecule has 0 radical (unpaired) electrons. The van der Waals surface area contributed by atoms with Crippen molar-refractivity contribution in [2.45, 2.75) is 23.2 Å². The van der Waals surface area contributed by atoms with Gasteiger partial charge in [-0.15, -0.1) is 13.2 Å². The minimum Gasteiger partial charge on any atom is -0.404 e. The van der Waals surface area contributed by atoms with Crippen molar-refractivity contribution in [1.82, 2.24) is 10.0 Å². The lowest BCUT2D eigenvalue weighted by atomic mass is 9.90. The first-order chi connectivity index (χ1) is 13.0. The molecule has 3 rings (SSSR count). The summed E-state index contributed by atoms with van der Waals surface area (Å²) in [6.07, 6.45) is -4.54. The van der Waals surface area contributed by atoms with Crippen LogP contribution in [-0.2, 0) is 15.6 Å². The van der Waals surface area contributed by atoms with Crippen molar-refractivity contribution in [3.63, 3.8) is 0 Å². The Hall–Kier alpha value is -2.37. The number of benzene rings is 2. The van der Waals surface area contributed by atoms with E-state index in [9.17, 15) is 26.0 Å². The summed E-state index contributed by atoms with van der Waals surface area (Å²) in [5, 5.41) is 3.06. The average molecular weight is 419 g/mol. The van der Waals surface area contributed by atoms with Gasteiger partial charge in [0.2, 0.25) is 10.0 Å². The molecule has 1 aliphatic heterocycles. The summed E-state index contributed by atoms with van der Waals surface area (Å²) in [5.74, 6) is -1.15.